The van der Waals surface area contributed by atoms with Crippen LogP contribution in [-0.2, 0) is 15.9 Å². The van der Waals surface area contributed by atoms with E-state index in [1.54, 1.807) is 0 Å². The molecule has 0 aliphatic rings. The summed E-state index contributed by atoms with van der Waals surface area (Å²) >= 11 is -2.39. The van der Waals surface area contributed by atoms with Gasteiger partial charge in [0.15, 0.2) is 0 Å². The fraction of sp³-hybridized carbons (Fsp3) is 0.833. The second kappa shape index (κ2) is 6.03. The lowest BCUT2D eigenvalue weighted by atomic mass is 10.1. The Balaban J connectivity index is 4.09. The fourth-order valence-electron chi connectivity index (χ4n) is 0.821. The predicted molar refractivity (Wildman–Crippen MR) is 44.6 cm³/mol. The van der Waals surface area contributed by atoms with Crippen LogP contribution in [0.25, 0.3) is 0 Å². The van der Waals surface area contributed by atoms with Crippen LogP contribution in [0, 0.1) is 0 Å². The second-order valence-corrected chi connectivity index (χ2v) is 3.76. The Hall–Kier alpha value is -0.500. The third-order valence-electron chi connectivity index (χ3n) is 1.56. The third kappa shape index (κ3) is 4.94. The van der Waals surface area contributed by atoms with Crippen molar-refractivity contribution in [2.75, 3.05) is 6.61 Å². The van der Waals surface area contributed by atoms with Crippen LogP contribution in [-0.4, -0.2) is 42.8 Å². The van der Waals surface area contributed by atoms with E-state index in [2.05, 4.69) is 0 Å². The lowest BCUT2D eigenvalue weighted by molar-refractivity contribution is -0.138. The molecule has 0 aliphatic carbocycles. The highest BCUT2D eigenvalue weighted by Gasteiger charge is 2.18. The van der Waals surface area contributed by atoms with E-state index in [9.17, 15) is 13.6 Å². The van der Waals surface area contributed by atoms with Gasteiger partial charge in [0.1, 0.15) is 6.04 Å². The van der Waals surface area contributed by atoms with Gasteiger partial charge < -0.3 is 20.5 Å². The number of nitrogens with two attached hydrogens (primary N) is 1. The molecule has 6 nitrogen and oxygen atoms in total. The van der Waals surface area contributed by atoms with Crippen LogP contribution in [0.1, 0.15) is 12.8 Å². The molecule has 0 fully saturated rings. The van der Waals surface area contributed by atoms with Gasteiger partial charge in [-0.15, -0.1) is 0 Å². The van der Waals surface area contributed by atoms with Gasteiger partial charge in [0.05, 0.1) is 0 Å². The molecule has 78 valence electrons. The molecule has 0 radical (unpaired) electrons. The van der Waals surface area contributed by atoms with Gasteiger partial charge in [-0.25, -0.2) is 0 Å². The van der Waals surface area contributed by atoms with Crippen molar-refractivity contribution in [1.29, 1.82) is 0 Å². The van der Waals surface area contributed by atoms with Crippen molar-refractivity contribution in [3.8, 4) is 0 Å². The zero-order valence-electron chi connectivity index (χ0n) is 6.88. The maximum absolute atomic E-state index is 10.5. The summed E-state index contributed by atoms with van der Waals surface area (Å²) in [6.45, 7) is -0.301. The second-order valence-electron chi connectivity index (χ2n) is 2.58. The largest absolute Gasteiger partial charge is 0.772 e. The molecule has 4 N–H and O–H groups in total. The number of aliphatic hydroxyl groups excluding tert-OH is 1. The Bertz CT molecular complexity index is 197. The zero-order chi connectivity index (χ0) is 10.4. The minimum absolute atomic E-state index is 0.0110. The maximum atomic E-state index is 10.5. The molecule has 13 heavy (non-hydrogen) atoms. The molecule has 0 heterocycles. The van der Waals surface area contributed by atoms with Crippen LogP contribution in [0.4, 0.5) is 0 Å². The highest BCUT2D eigenvalue weighted by atomic mass is 32.2. The molecule has 0 spiro atoms. The molecule has 0 saturated heterocycles. The summed E-state index contributed by atoms with van der Waals surface area (Å²) in [6, 6.07) is -1.20. The third-order valence-corrected chi connectivity index (χ3v) is 2.53. The normalized spacial score (nSPS) is 17.8. The molecule has 0 amide bonds. The topological polar surface area (TPSA) is 124 Å². The summed E-state index contributed by atoms with van der Waals surface area (Å²) in [7, 11) is 0. The molecule has 0 rings (SSSR count). The molecule has 3 atom stereocenters. The Morgan fingerprint density at radius 2 is 2.15 bits per heavy atom. The first-order chi connectivity index (χ1) is 5.99. The van der Waals surface area contributed by atoms with E-state index in [0.29, 0.717) is 0 Å². The Morgan fingerprint density at radius 3 is 2.46 bits per heavy atom. The number of hydrogen-bond donors (Lipinski definition) is 3. The molecule has 0 aromatic heterocycles. The zero-order valence-corrected chi connectivity index (χ0v) is 7.70. The summed E-state index contributed by atoms with van der Waals surface area (Å²) in [6.07, 6.45) is -0.164. The highest BCUT2D eigenvalue weighted by Crippen LogP contribution is 2.07. The number of aliphatic carboxylic acids is 1. The molecular formula is C6H12NO5S-. The van der Waals surface area contributed by atoms with Gasteiger partial charge in [-0.3, -0.25) is 9.00 Å². The van der Waals surface area contributed by atoms with Gasteiger partial charge in [0, 0.05) is 11.9 Å². The Labute approximate surface area is 78.0 Å². The van der Waals surface area contributed by atoms with Crippen LogP contribution in [0.3, 0.4) is 0 Å². The van der Waals surface area contributed by atoms with E-state index in [4.69, 9.17) is 15.9 Å². The minimum Gasteiger partial charge on any atom is -0.772 e. The summed E-state index contributed by atoms with van der Waals surface area (Å²) in [5.41, 5.74) is 5.13. The van der Waals surface area contributed by atoms with Crippen LogP contribution < -0.4 is 5.73 Å². The SMILES string of the molecule is N[C@H](CC(CCO)S(=O)[O-])C(=O)O. The first-order valence-corrected chi connectivity index (χ1v) is 4.80. The van der Waals surface area contributed by atoms with Crippen molar-refractivity contribution in [3.05, 3.63) is 0 Å². The van der Waals surface area contributed by atoms with Gasteiger partial charge in [0.2, 0.25) is 0 Å². The van der Waals surface area contributed by atoms with Crippen molar-refractivity contribution >= 4 is 17.0 Å². The number of rotatable bonds is 6. The van der Waals surface area contributed by atoms with Crippen molar-refractivity contribution in [1.82, 2.24) is 0 Å². The maximum Gasteiger partial charge on any atom is 0.320 e. The minimum atomic E-state index is -2.39. The van der Waals surface area contributed by atoms with E-state index in [1.165, 1.54) is 0 Å². The van der Waals surface area contributed by atoms with E-state index < -0.39 is 28.3 Å². The smallest absolute Gasteiger partial charge is 0.320 e. The Morgan fingerprint density at radius 1 is 1.62 bits per heavy atom. The van der Waals surface area contributed by atoms with Crippen LogP contribution in [0.2, 0.25) is 0 Å². The molecule has 2 unspecified atom stereocenters. The molecule has 0 aromatic carbocycles. The summed E-state index contributed by atoms with van der Waals surface area (Å²) in [5, 5.41) is 16.0. The number of aliphatic hydroxyl groups is 1. The molecular weight excluding hydrogens is 198 g/mol. The predicted octanol–water partition coefficient (Wildman–Crippen LogP) is -1.58. The average Bonchev–Trinajstić information content (AvgIpc) is 2.03. The molecule has 0 saturated carbocycles. The van der Waals surface area contributed by atoms with E-state index >= 15 is 0 Å². The standard InChI is InChI=1S/C6H13NO5S/c7-5(6(9)10)3-4(1-2-8)13(11)12/h4-5,8H,1-3,7H2,(H,9,10)(H,11,12)/p-1/t4?,5-/m1/s1. The van der Waals surface area contributed by atoms with Crippen molar-refractivity contribution < 1.29 is 23.8 Å². The van der Waals surface area contributed by atoms with Crippen molar-refractivity contribution in [2.24, 2.45) is 5.73 Å². The monoisotopic (exact) mass is 210 g/mol. The highest BCUT2D eigenvalue weighted by molar-refractivity contribution is 7.79. The quantitative estimate of drug-likeness (QED) is 0.454. The number of hydrogen-bond acceptors (Lipinski definition) is 5. The van der Waals surface area contributed by atoms with Gasteiger partial charge in [-0.05, 0) is 12.8 Å². The lowest BCUT2D eigenvalue weighted by Crippen LogP contribution is -2.35. The summed E-state index contributed by atoms with van der Waals surface area (Å²) in [5.74, 6) is -1.24. The van der Waals surface area contributed by atoms with Crippen LogP contribution >= 0.6 is 0 Å². The first kappa shape index (κ1) is 12.5. The number of carbonyl (C=O) groups is 1. The molecule has 0 aromatic rings. The number of carboxylic acids is 1. The molecule has 0 aliphatic heterocycles. The van der Waals surface area contributed by atoms with Crippen LogP contribution in [0.15, 0.2) is 0 Å². The summed E-state index contributed by atoms with van der Waals surface area (Å²) < 4.78 is 21.0. The van der Waals surface area contributed by atoms with E-state index in [1.807, 2.05) is 0 Å². The first-order valence-electron chi connectivity index (χ1n) is 3.66. The van der Waals surface area contributed by atoms with E-state index in [0.717, 1.165) is 0 Å². The molecule has 0 bridgehead atoms. The van der Waals surface area contributed by atoms with Crippen molar-refractivity contribution in [2.45, 2.75) is 24.1 Å². The van der Waals surface area contributed by atoms with Gasteiger partial charge >= 0.3 is 5.97 Å². The lowest BCUT2D eigenvalue weighted by Gasteiger charge is -2.20. The van der Waals surface area contributed by atoms with E-state index in [-0.39, 0.29) is 19.4 Å². The number of carboxylic acid groups (broad SMARTS) is 1. The Kier molecular flexibility index (Phi) is 5.80. The van der Waals surface area contributed by atoms with Gasteiger partial charge in [-0.2, -0.15) is 0 Å². The fourth-order valence-corrected chi connectivity index (χ4v) is 1.48. The van der Waals surface area contributed by atoms with Gasteiger partial charge in [0.25, 0.3) is 0 Å². The summed E-state index contributed by atoms with van der Waals surface area (Å²) in [4.78, 5) is 10.3. The molecule has 7 heteroatoms. The van der Waals surface area contributed by atoms with Crippen LogP contribution in [0.5, 0.6) is 0 Å². The van der Waals surface area contributed by atoms with Crippen molar-refractivity contribution in [3.63, 3.8) is 0 Å². The average molecular weight is 210 g/mol. The van der Waals surface area contributed by atoms with Gasteiger partial charge in [-0.1, -0.05) is 11.1 Å².